The highest BCUT2D eigenvalue weighted by Gasteiger charge is 2.43. The van der Waals surface area contributed by atoms with Gasteiger partial charge in [0.05, 0.1) is 0 Å². The van der Waals surface area contributed by atoms with E-state index in [-0.39, 0.29) is 23.6 Å². The smallest absolute Gasteiger partial charge is 0.236 e. The van der Waals surface area contributed by atoms with E-state index in [1.165, 1.54) is 0 Å². The molecule has 7 nitrogen and oxygen atoms in total. The van der Waals surface area contributed by atoms with Gasteiger partial charge in [0.15, 0.2) is 5.84 Å². The second-order valence-electron chi connectivity index (χ2n) is 5.46. The Kier molecular flexibility index (Phi) is 5.99. The van der Waals surface area contributed by atoms with Crippen molar-refractivity contribution in [2.75, 3.05) is 20.1 Å². The Balaban J connectivity index is 2.82. The van der Waals surface area contributed by atoms with Crippen LogP contribution in [0.2, 0.25) is 0 Å². The molecule has 4 N–H and O–H groups in total. The van der Waals surface area contributed by atoms with Crippen LogP contribution in [0.15, 0.2) is 5.16 Å². The number of amides is 2. The van der Waals surface area contributed by atoms with E-state index in [0.717, 1.165) is 0 Å². The van der Waals surface area contributed by atoms with Crippen molar-refractivity contribution in [2.45, 2.75) is 39.5 Å². The maximum atomic E-state index is 12.8. The SMILES string of the molecule is CCC(CC)(C(=O)N1CCC(C(=O)NC)CC1)C(N)=NO. The van der Waals surface area contributed by atoms with E-state index in [0.29, 0.717) is 38.8 Å². The summed E-state index contributed by atoms with van der Waals surface area (Å²) in [6, 6.07) is 0. The number of piperidine rings is 1. The molecule has 1 aliphatic rings. The molecule has 2 amide bonds. The van der Waals surface area contributed by atoms with Crippen molar-refractivity contribution in [3.63, 3.8) is 0 Å². The van der Waals surface area contributed by atoms with Crippen LogP contribution in [0.5, 0.6) is 0 Å². The molecule has 21 heavy (non-hydrogen) atoms. The van der Waals surface area contributed by atoms with E-state index in [1.54, 1.807) is 11.9 Å². The Morgan fingerprint density at radius 3 is 2.24 bits per heavy atom. The van der Waals surface area contributed by atoms with Gasteiger partial charge in [-0.3, -0.25) is 9.59 Å². The predicted molar refractivity (Wildman–Crippen MR) is 79.8 cm³/mol. The number of nitrogens with zero attached hydrogens (tertiary/aromatic N) is 2. The third kappa shape index (κ3) is 3.28. The van der Waals surface area contributed by atoms with Gasteiger partial charge in [-0.2, -0.15) is 0 Å². The summed E-state index contributed by atoms with van der Waals surface area (Å²) in [4.78, 5) is 26.1. The van der Waals surface area contributed by atoms with Gasteiger partial charge in [0, 0.05) is 26.1 Å². The van der Waals surface area contributed by atoms with Crippen molar-refractivity contribution < 1.29 is 14.8 Å². The Hall–Kier alpha value is -1.79. The number of carbonyl (C=O) groups is 2. The Morgan fingerprint density at radius 2 is 1.86 bits per heavy atom. The van der Waals surface area contributed by atoms with Gasteiger partial charge in [-0.1, -0.05) is 19.0 Å². The average molecular weight is 298 g/mol. The minimum Gasteiger partial charge on any atom is -0.409 e. The molecule has 1 heterocycles. The third-order valence-electron chi connectivity index (χ3n) is 4.61. The monoisotopic (exact) mass is 298 g/mol. The summed E-state index contributed by atoms with van der Waals surface area (Å²) >= 11 is 0. The van der Waals surface area contributed by atoms with Gasteiger partial charge in [-0.05, 0) is 25.7 Å². The minimum atomic E-state index is -0.950. The van der Waals surface area contributed by atoms with Crippen LogP contribution >= 0.6 is 0 Å². The van der Waals surface area contributed by atoms with Crippen molar-refractivity contribution >= 4 is 17.6 Å². The van der Waals surface area contributed by atoms with Crippen LogP contribution in [0.4, 0.5) is 0 Å². The molecule has 7 heteroatoms. The lowest BCUT2D eigenvalue weighted by molar-refractivity contribution is -0.142. The molecule has 0 saturated carbocycles. The highest BCUT2D eigenvalue weighted by Crippen LogP contribution is 2.31. The molecule has 0 unspecified atom stereocenters. The van der Waals surface area contributed by atoms with E-state index < -0.39 is 5.41 Å². The van der Waals surface area contributed by atoms with Crippen LogP contribution in [0.25, 0.3) is 0 Å². The van der Waals surface area contributed by atoms with Crippen molar-refractivity contribution in [3.05, 3.63) is 0 Å². The van der Waals surface area contributed by atoms with Gasteiger partial charge in [-0.15, -0.1) is 0 Å². The van der Waals surface area contributed by atoms with Crippen LogP contribution in [0.3, 0.4) is 0 Å². The summed E-state index contributed by atoms with van der Waals surface area (Å²) < 4.78 is 0. The van der Waals surface area contributed by atoms with Crippen molar-refractivity contribution in [2.24, 2.45) is 22.2 Å². The number of nitrogens with one attached hydrogen (secondary N) is 1. The summed E-state index contributed by atoms with van der Waals surface area (Å²) in [5, 5.41) is 14.7. The van der Waals surface area contributed by atoms with Crippen molar-refractivity contribution in [1.82, 2.24) is 10.2 Å². The molecule has 1 saturated heterocycles. The zero-order valence-electron chi connectivity index (χ0n) is 13.1. The zero-order chi connectivity index (χ0) is 16.0. The Bertz CT molecular complexity index is 410. The Morgan fingerprint density at radius 1 is 1.33 bits per heavy atom. The second kappa shape index (κ2) is 7.28. The summed E-state index contributed by atoms with van der Waals surface area (Å²) in [6.45, 7) is 4.77. The molecule has 1 rings (SSSR count). The van der Waals surface area contributed by atoms with Crippen LogP contribution < -0.4 is 11.1 Å². The van der Waals surface area contributed by atoms with Crippen LogP contribution in [0, 0.1) is 11.3 Å². The molecule has 0 atom stereocenters. The molecule has 120 valence electrons. The molecule has 1 aliphatic heterocycles. The van der Waals surface area contributed by atoms with Crippen LogP contribution in [0.1, 0.15) is 39.5 Å². The van der Waals surface area contributed by atoms with Gasteiger partial charge in [0.25, 0.3) is 0 Å². The first-order valence-electron chi connectivity index (χ1n) is 7.45. The number of oxime groups is 1. The van der Waals surface area contributed by atoms with E-state index in [4.69, 9.17) is 10.9 Å². The molecule has 1 fully saturated rings. The fraction of sp³-hybridized carbons (Fsp3) is 0.786. The molecular weight excluding hydrogens is 272 g/mol. The molecule has 0 radical (unpaired) electrons. The first-order valence-corrected chi connectivity index (χ1v) is 7.45. The molecular formula is C14H26N4O3. The first-order chi connectivity index (χ1) is 9.96. The normalized spacial score (nSPS) is 17.7. The maximum absolute atomic E-state index is 12.8. The lowest BCUT2D eigenvalue weighted by Crippen LogP contribution is -2.53. The predicted octanol–water partition coefficient (Wildman–Crippen LogP) is 0.524. The first kappa shape index (κ1) is 17.3. The number of carbonyl (C=O) groups excluding carboxylic acids is 2. The quantitative estimate of drug-likeness (QED) is 0.298. The number of rotatable bonds is 5. The van der Waals surface area contributed by atoms with Gasteiger partial charge >= 0.3 is 0 Å². The molecule has 0 aromatic rings. The fourth-order valence-electron chi connectivity index (χ4n) is 2.97. The molecule has 0 aromatic heterocycles. The summed E-state index contributed by atoms with van der Waals surface area (Å²) in [6.07, 6.45) is 2.25. The standard InChI is InChI=1S/C14H26N4O3/c1-4-14(5-2,12(15)17-21)13(20)18-8-6-10(7-9-18)11(19)16-3/h10,21H,4-9H2,1-3H3,(H2,15,17)(H,16,19). The maximum Gasteiger partial charge on any atom is 0.236 e. The number of hydrogen-bond donors (Lipinski definition) is 3. The molecule has 0 bridgehead atoms. The lowest BCUT2D eigenvalue weighted by atomic mass is 9.79. The minimum absolute atomic E-state index is 0.0239. The van der Waals surface area contributed by atoms with Gasteiger partial charge < -0.3 is 21.2 Å². The largest absolute Gasteiger partial charge is 0.409 e. The van der Waals surface area contributed by atoms with Crippen molar-refractivity contribution in [1.29, 1.82) is 0 Å². The van der Waals surface area contributed by atoms with E-state index in [9.17, 15) is 9.59 Å². The number of amidine groups is 1. The van der Waals surface area contributed by atoms with Crippen LogP contribution in [-0.2, 0) is 9.59 Å². The van der Waals surface area contributed by atoms with Gasteiger partial charge in [-0.25, -0.2) is 0 Å². The third-order valence-corrected chi connectivity index (χ3v) is 4.61. The van der Waals surface area contributed by atoms with E-state index >= 15 is 0 Å². The number of nitrogens with two attached hydrogens (primary N) is 1. The zero-order valence-corrected chi connectivity index (χ0v) is 13.1. The summed E-state index contributed by atoms with van der Waals surface area (Å²) in [7, 11) is 1.62. The topological polar surface area (TPSA) is 108 Å². The highest BCUT2D eigenvalue weighted by atomic mass is 16.4. The second-order valence-corrected chi connectivity index (χ2v) is 5.46. The van der Waals surface area contributed by atoms with Crippen LogP contribution in [-0.4, -0.2) is 47.9 Å². The highest BCUT2D eigenvalue weighted by molar-refractivity contribution is 6.06. The molecule has 0 aliphatic carbocycles. The fourth-order valence-corrected chi connectivity index (χ4v) is 2.97. The summed E-state index contributed by atoms with van der Waals surface area (Å²) in [5.74, 6) is -0.166. The van der Waals surface area contributed by atoms with E-state index in [2.05, 4.69) is 10.5 Å². The summed E-state index contributed by atoms with van der Waals surface area (Å²) in [5.41, 5.74) is 4.82. The molecule has 0 aromatic carbocycles. The Labute approximate surface area is 125 Å². The number of likely N-dealkylation sites (tertiary alicyclic amines) is 1. The van der Waals surface area contributed by atoms with E-state index in [1.807, 2.05) is 13.8 Å². The van der Waals surface area contributed by atoms with Gasteiger partial charge in [0.1, 0.15) is 5.41 Å². The van der Waals surface area contributed by atoms with Crippen molar-refractivity contribution in [3.8, 4) is 0 Å². The lowest BCUT2D eigenvalue weighted by Gasteiger charge is -2.38. The van der Waals surface area contributed by atoms with Gasteiger partial charge in [0.2, 0.25) is 11.8 Å². The molecule has 0 spiro atoms. The number of hydrogen-bond acceptors (Lipinski definition) is 4. The average Bonchev–Trinajstić information content (AvgIpc) is 2.55.